The van der Waals surface area contributed by atoms with E-state index in [4.69, 9.17) is 20.8 Å². The number of fused-ring (bicyclic) bond motifs is 1. The zero-order valence-corrected chi connectivity index (χ0v) is 17.4. The van der Waals surface area contributed by atoms with E-state index in [1.807, 2.05) is 24.3 Å². The second-order valence-electron chi connectivity index (χ2n) is 6.42. The third kappa shape index (κ3) is 4.42. The average Bonchev–Trinajstić information content (AvgIpc) is 2.71. The highest BCUT2D eigenvalue weighted by Gasteiger charge is 2.12. The van der Waals surface area contributed by atoms with Crippen molar-refractivity contribution < 1.29 is 13.9 Å². The zero-order valence-electron chi connectivity index (χ0n) is 15.0. The smallest absolute Gasteiger partial charge is 0.315 e. The number of halogens is 2. The van der Waals surface area contributed by atoms with Crippen LogP contribution in [0.25, 0.3) is 22.1 Å². The van der Waals surface area contributed by atoms with Gasteiger partial charge in [-0.15, -0.1) is 0 Å². The van der Waals surface area contributed by atoms with Gasteiger partial charge in [-0.1, -0.05) is 51.8 Å². The van der Waals surface area contributed by atoms with E-state index >= 15 is 0 Å². The second kappa shape index (κ2) is 8.23. The lowest BCUT2D eigenvalue weighted by Crippen LogP contribution is -2.11. The third-order valence-corrected chi connectivity index (χ3v) is 5.18. The van der Waals surface area contributed by atoms with Crippen LogP contribution in [0.1, 0.15) is 5.56 Å². The number of ether oxygens (including phenoxy) is 1. The quantitative estimate of drug-likeness (QED) is 0.271. The minimum Gasteiger partial charge on any atom is -0.463 e. The lowest BCUT2D eigenvalue weighted by molar-refractivity contribution is -0.133. The van der Waals surface area contributed by atoms with Gasteiger partial charge in [0.15, 0.2) is 5.43 Å². The number of hydrogen-bond donors (Lipinski definition) is 0. The SMILES string of the molecule is O=C(Cc1ccc(Cl)cc1)Oc1ccc2c(=O)c(-c3ccc(Br)cc3)coc2c1. The Kier molecular flexibility index (Phi) is 5.51. The number of hydrogen-bond acceptors (Lipinski definition) is 4. The number of esters is 1. The van der Waals surface area contributed by atoms with Crippen molar-refractivity contribution in [2.24, 2.45) is 0 Å². The Morgan fingerprint density at radius 3 is 2.45 bits per heavy atom. The molecule has 0 bridgehead atoms. The largest absolute Gasteiger partial charge is 0.463 e. The molecule has 0 saturated heterocycles. The summed E-state index contributed by atoms with van der Waals surface area (Å²) in [4.78, 5) is 25.0. The molecular weight excluding hydrogens is 456 g/mol. The number of carbonyl (C=O) groups excluding carboxylic acids is 1. The van der Waals surface area contributed by atoms with E-state index in [-0.39, 0.29) is 11.8 Å². The van der Waals surface area contributed by atoms with Gasteiger partial charge in [-0.25, -0.2) is 0 Å². The van der Waals surface area contributed by atoms with Gasteiger partial charge in [0.05, 0.1) is 17.4 Å². The molecule has 0 spiro atoms. The first kappa shape index (κ1) is 19.4. The lowest BCUT2D eigenvalue weighted by Gasteiger charge is -2.07. The second-order valence-corrected chi connectivity index (χ2v) is 7.77. The van der Waals surface area contributed by atoms with E-state index in [0.717, 1.165) is 15.6 Å². The highest BCUT2D eigenvalue weighted by atomic mass is 79.9. The van der Waals surface area contributed by atoms with E-state index < -0.39 is 5.97 Å². The Morgan fingerprint density at radius 2 is 1.72 bits per heavy atom. The summed E-state index contributed by atoms with van der Waals surface area (Å²) in [6.45, 7) is 0. The van der Waals surface area contributed by atoms with Gasteiger partial charge in [0.2, 0.25) is 0 Å². The fraction of sp³-hybridized carbons (Fsp3) is 0.0435. The molecule has 1 heterocycles. The molecular formula is C23H14BrClO4. The molecule has 0 aliphatic heterocycles. The van der Waals surface area contributed by atoms with Crippen molar-refractivity contribution in [3.63, 3.8) is 0 Å². The van der Waals surface area contributed by atoms with Crippen LogP contribution in [0.5, 0.6) is 5.75 Å². The molecule has 0 aliphatic carbocycles. The van der Waals surface area contributed by atoms with Crippen LogP contribution in [0.4, 0.5) is 0 Å². The van der Waals surface area contributed by atoms with Crippen LogP contribution in [0.3, 0.4) is 0 Å². The standard InChI is InChI=1S/C23H14BrClO4/c24-16-5-3-15(4-6-16)20-13-28-21-12-18(9-10-19(21)23(20)27)29-22(26)11-14-1-7-17(25)8-2-14/h1-10,12-13H,11H2. The first-order chi connectivity index (χ1) is 14.0. The van der Waals surface area contributed by atoms with Gasteiger partial charge in [0.25, 0.3) is 0 Å². The minimum atomic E-state index is -0.416. The number of benzene rings is 3. The molecule has 4 rings (SSSR count). The summed E-state index contributed by atoms with van der Waals surface area (Å²) in [5, 5.41) is 1.03. The molecule has 4 nitrogen and oxygen atoms in total. The summed E-state index contributed by atoms with van der Waals surface area (Å²) < 4.78 is 12.0. The Morgan fingerprint density at radius 1 is 1.00 bits per heavy atom. The van der Waals surface area contributed by atoms with Crippen LogP contribution in [-0.4, -0.2) is 5.97 Å². The fourth-order valence-corrected chi connectivity index (χ4v) is 3.33. The van der Waals surface area contributed by atoms with Gasteiger partial charge in [-0.2, -0.15) is 0 Å². The maximum atomic E-state index is 12.8. The Labute approximate surface area is 179 Å². The van der Waals surface area contributed by atoms with Crippen LogP contribution >= 0.6 is 27.5 Å². The molecule has 0 aliphatic rings. The Bertz CT molecular complexity index is 1240. The van der Waals surface area contributed by atoms with E-state index in [0.29, 0.717) is 27.3 Å². The normalized spacial score (nSPS) is 10.8. The molecule has 0 saturated carbocycles. The van der Waals surface area contributed by atoms with Crippen molar-refractivity contribution in [2.75, 3.05) is 0 Å². The maximum Gasteiger partial charge on any atom is 0.315 e. The monoisotopic (exact) mass is 468 g/mol. The van der Waals surface area contributed by atoms with Crippen molar-refractivity contribution in [3.05, 3.63) is 98.3 Å². The van der Waals surface area contributed by atoms with Crippen molar-refractivity contribution in [3.8, 4) is 16.9 Å². The predicted octanol–water partition coefficient (Wildman–Crippen LogP) is 6.02. The van der Waals surface area contributed by atoms with Gasteiger partial charge in [-0.05, 0) is 47.5 Å². The van der Waals surface area contributed by atoms with Crippen LogP contribution < -0.4 is 10.2 Å². The van der Waals surface area contributed by atoms with E-state index in [9.17, 15) is 9.59 Å². The van der Waals surface area contributed by atoms with Gasteiger partial charge < -0.3 is 9.15 Å². The van der Waals surface area contributed by atoms with Gasteiger partial charge in [0, 0.05) is 15.6 Å². The molecule has 1 aromatic heterocycles. The summed E-state index contributed by atoms with van der Waals surface area (Å²) in [6.07, 6.45) is 1.54. The average molecular weight is 470 g/mol. The van der Waals surface area contributed by atoms with Gasteiger partial charge >= 0.3 is 5.97 Å². The molecule has 0 fully saturated rings. The molecule has 0 N–H and O–H groups in total. The van der Waals surface area contributed by atoms with E-state index in [1.54, 1.807) is 42.5 Å². The topological polar surface area (TPSA) is 56.5 Å². The van der Waals surface area contributed by atoms with E-state index in [2.05, 4.69) is 15.9 Å². The van der Waals surface area contributed by atoms with E-state index in [1.165, 1.54) is 6.26 Å². The van der Waals surface area contributed by atoms with Crippen molar-refractivity contribution >= 4 is 44.5 Å². The summed E-state index contributed by atoms with van der Waals surface area (Å²) >= 11 is 9.23. The first-order valence-electron chi connectivity index (χ1n) is 8.76. The van der Waals surface area contributed by atoms with Crippen LogP contribution in [0, 0.1) is 0 Å². The highest BCUT2D eigenvalue weighted by Crippen LogP contribution is 2.24. The van der Waals surface area contributed by atoms with Crippen molar-refractivity contribution in [1.29, 1.82) is 0 Å². The lowest BCUT2D eigenvalue weighted by atomic mass is 10.1. The molecule has 0 atom stereocenters. The maximum absolute atomic E-state index is 12.8. The molecule has 0 amide bonds. The first-order valence-corrected chi connectivity index (χ1v) is 9.93. The molecule has 144 valence electrons. The highest BCUT2D eigenvalue weighted by molar-refractivity contribution is 9.10. The summed E-state index contributed by atoms with van der Waals surface area (Å²) in [7, 11) is 0. The number of carbonyl (C=O) groups is 1. The fourth-order valence-electron chi connectivity index (χ4n) is 2.94. The van der Waals surface area contributed by atoms with Gasteiger partial charge in [-0.3, -0.25) is 9.59 Å². The molecule has 3 aromatic carbocycles. The molecule has 29 heavy (non-hydrogen) atoms. The van der Waals surface area contributed by atoms with Gasteiger partial charge in [0.1, 0.15) is 17.6 Å². The number of rotatable bonds is 4. The van der Waals surface area contributed by atoms with Crippen molar-refractivity contribution in [2.45, 2.75) is 6.42 Å². The minimum absolute atomic E-state index is 0.113. The third-order valence-electron chi connectivity index (χ3n) is 4.39. The molecule has 0 unspecified atom stereocenters. The summed E-state index contributed by atoms with van der Waals surface area (Å²) in [5.74, 6) is -0.100. The summed E-state index contributed by atoms with van der Waals surface area (Å²) in [6, 6.07) is 19.1. The zero-order chi connectivity index (χ0) is 20.4. The molecule has 4 aromatic rings. The Hall–Kier alpha value is -2.89. The predicted molar refractivity (Wildman–Crippen MR) is 116 cm³/mol. The molecule has 0 radical (unpaired) electrons. The van der Waals surface area contributed by atoms with Crippen LogP contribution in [0.2, 0.25) is 5.02 Å². The van der Waals surface area contributed by atoms with Crippen molar-refractivity contribution in [1.82, 2.24) is 0 Å². The Balaban J connectivity index is 1.57. The molecule has 6 heteroatoms. The summed E-state index contributed by atoms with van der Waals surface area (Å²) in [5.41, 5.74) is 2.24. The van der Waals surface area contributed by atoms with Crippen LogP contribution in [-0.2, 0) is 11.2 Å². The van der Waals surface area contributed by atoms with Crippen LogP contribution in [0.15, 0.2) is 86.7 Å².